The first-order chi connectivity index (χ1) is 10.3. The Morgan fingerprint density at radius 1 is 1.00 bits per heavy atom. The van der Waals surface area contributed by atoms with Crippen LogP contribution in [0.1, 0.15) is 24.1 Å². The molecule has 21 heavy (non-hydrogen) atoms. The maximum atomic E-state index is 4.23. The van der Waals surface area contributed by atoms with Crippen LogP contribution in [0.3, 0.4) is 0 Å². The van der Waals surface area contributed by atoms with Crippen LogP contribution < -0.4 is 5.32 Å². The van der Waals surface area contributed by atoms with E-state index in [9.17, 15) is 0 Å². The van der Waals surface area contributed by atoms with E-state index in [2.05, 4.69) is 65.9 Å². The summed E-state index contributed by atoms with van der Waals surface area (Å²) in [5, 5.41) is 7.78. The molecule has 2 aromatic carbocycles. The molecule has 0 spiro atoms. The van der Waals surface area contributed by atoms with Gasteiger partial charge in [0.2, 0.25) is 0 Å². The second kappa shape index (κ2) is 6.37. The van der Waals surface area contributed by atoms with Crippen molar-refractivity contribution in [3.63, 3.8) is 0 Å². The second-order valence-corrected chi connectivity index (χ2v) is 5.13. The number of aromatic nitrogens is 2. The maximum Gasteiger partial charge on any atom is 0.0645 e. The van der Waals surface area contributed by atoms with Crippen molar-refractivity contribution >= 4 is 0 Å². The smallest absolute Gasteiger partial charge is 0.0645 e. The van der Waals surface area contributed by atoms with Gasteiger partial charge in [-0.25, -0.2) is 4.68 Å². The van der Waals surface area contributed by atoms with Crippen molar-refractivity contribution in [3.8, 4) is 5.69 Å². The minimum atomic E-state index is 0.344. The van der Waals surface area contributed by atoms with Crippen molar-refractivity contribution < 1.29 is 0 Å². The lowest BCUT2D eigenvalue weighted by atomic mass is 10.1. The van der Waals surface area contributed by atoms with E-state index in [0.717, 1.165) is 12.2 Å². The molecule has 0 amide bonds. The second-order valence-electron chi connectivity index (χ2n) is 5.13. The molecule has 3 aromatic rings. The molecule has 1 atom stereocenters. The van der Waals surface area contributed by atoms with Gasteiger partial charge >= 0.3 is 0 Å². The van der Waals surface area contributed by atoms with Gasteiger partial charge in [-0.1, -0.05) is 42.5 Å². The summed E-state index contributed by atoms with van der Waals surface area (Å²) in [6, 6.07) is 21.2. The standard InChI is InChI=1S/C18H19N3/c1-15(17-6-3-2-4-7-17)19-14-16-8-10-18(11-9-16)21-13-5-12-20-21/h2-13,15,19H,14H2,1H3/t15-/m0/s1. The average Bonchev–Trinajstić information content (AvgIpc) is 3.08. The number of hydrogen-bond acceptors (Lipinski definition) is 2. The zero-order valence-electron chi connectivity index (χ0n) is 12.1. The molecule has 0 radical (unpaired) electrons. The Balaban J connectivity index is 1.61. The summed E-state index contributed by atoms with van der Waals surface area (Å²) in [5.74, 6) is 0. The topological polar surface area (TPSA) is 29.9 Å². The molecule has 0 saturated carbocycles. The lowest BCUT2D eigenvalue weighted by Gasteiger charge is -2.14. The van der Waals surface area contributed by atoms with E-state index in [1.54, 1.807) is 6.20 Å². The van der Waals surface area contributed by atoms with Gasteiger partial charge < -0.3 is 5.32 Å². The molecule has 106 valence electrons. The fourth-order valence-corrected chi connectivity index (χ4v) is 2.32. The molecule has 0 saturated heterocycles. The predicted octanol–water partition coefficient (Wildman–Crippen LogP) is 3.72. The minimum absolute atomic E-state index is 0.344. The molecule has 0 aliphatic heterocycles. The summed E-state index contributed by atoms with van der Waals surface area (Å²) < 4.78 is 1.86. The van der Waals surface area contributed by atoms with Crippen LogP contribution in [-0.2, 0) is 6.54 Å². The van der Waals surface area contributed by atoms with Crippen LogP contribution in [-0.4, -0.2) is 9.78 Å². The highest BCUT2D eigenvalue weighted by atomic mass is 15.3. The van der Waals surface area contributed by atoms with Crippen LogP contribution in [0.25, 0.3) is 5.69 Å². The Labute approximate surface area is 125 Å². The molecule has 0 bridgehead atoms. The Morgan fingerprint density at radius 2 is 1.76 bits per heavy atom. The van der Waals surface area contributed by atoms with E-state index in [1.807, 2.05) is 23.0 Å². The number of rotatable bonds is 5. The van der Waals surface area contributed by atoms with E-state index < -0.39 is 0 Å². The van der Waals surface area contributed by atoms with E-state index in [4.69, 9.17) is 0 Å². The maximum absolute atomic E-state index is 4.23. The molecule has 3 heteroatoms. The van der Waals surface area contributed by atoms with Gasteiger partial charge in [-0.15, -0.1) is 0 Å². The van der Waals surface area contributed by atoms with Crippen molar-refractivity contribution in [2.24, 2.45) is 0 Å². The van der Waals surface area contributed by atoms with Crippen molar-refractivity contribution in [1.29, 1.82) is 0 Å². The Kier molecular flexibility index (Phi) is 4.12. The Bertz CT molecular complexity index is 657. The molecular formula is C18H19N3. The van der Waals surface area contributed by atoms with Crippen LogP contribution >= 0.6 is 0 Å². The van der Waals surface area contributed by atoms with Crippen molar-refractivity contribution in [2.75, 3.05) is 0 Å². The molecule has 0 aliphatic carbocycles. The number of nitrogens with zero attached hydrogens (tertiary/aromatic N) is 2. The zero-order valence-corrected chi connectivity index (χ0v) is 12.1. The molecule has 3 nitrogen and oxygen atoms in total. The monoisotopic (exact) mass is 277 g/mol. The molecular weight excluding hydrogens is 258 g/mol. The van der Waals surface area contributed by atoms with Gasteiger partial charge in [0.05, 0.1) is 5.69 Å². The van der Waals surface area contributed by atoms with Gasteiger partial charge in [0.25, 0.3) is 0 Å². The highest BCUT2D eigenvalue weighted by Gasteiger charge is 2.04. The molecule has 0 unspecified atom stereocenters. The van der Waals surface area contributed by atoms with Gasteiger partial charge in [0.15, 0.2) is 0 Å². The third-order valence-electron chi connectivity index (χ3n) is 3.62. The summed E-state index contributed by atoms with van der Waals surface area (Å²) in [6.45, 7) is 3.04. The van der Waals surface area contributed by atoms with Crippen molar-refractivity contribution in [1.82, 2.24) is 15.1 Å². The highest BCUT2D eigenvalue weighted by molar-refractivity contribution is 5.33. The SMILES string of the molecule is C[C@H](NCc1ccc(-n2cccn2)cc1)c1ccccc1. The summed E-state index contributed by atoms with van der Waals surface area (Å²) in [5.41, 5.74) is 3.67. The minimum Gasteiger partial charge on any atom is -0.306 e. The third kappa shape index (κ3) is 3.38. The van der Waals surface area contributed by atoms with Crippen LogP contribution in [0.2, 0.25) is 0 Å². The molecule has 1 N–H and O–H groups in total. The lowest BCUT2D eigenvalue weighted by Crippen LogP contribution is -2.17. The Morgan fingerprint density at radius 3 is 2.43 bits per heavy atom. The van der Waals surface area contributed by atoms with E-state index >= 15 is 0 Å². The fraction of sp³-hybridized carbons (Fsp3) is 0.167. The largest absolute Gasteiger partial charge is 0.306 e. The Hall–Kier alpha value is -2.39. The quantitative estimate of drug-likeness (QED) is 0.770. The number of nitrogens with one attached hydrogen (secondary N) is 1. The van der Waals surface area contributed by atoms with Gasteiger partial charge in [0.1, 0.15) is 0 Å². The van der Waals surface area contributed by atoms with Crippen LogP contribution in [0.4, 0.5) is 0 Å². The summed E-state index contributed by atoms with van der Waals surface area (Å²) in [7, 11) is 0. The van der Waals surface area contributed by atoms with E-state index in [-0.39, 0.29) is 0 Å². The first-order valence-electron chi connectivity index (χ1n) is 7.20. The summed E-state index contributed by atoms with van der Waals surface area (Å²) in [6.07, 6.45) is 3.74. The summed E-state index contributed by atoms with van der Waals surface area (Å²) >= 11 is 0. The van der Waals surface area contributed by atoms with Gasteiger partial charge in [-0.3, -0.25) is 0 Å². The van der Waals surface area contributed by atoms with Gasteiger partial charge in [-0.05, 0) is 36.2 Å². The molecule has 0 fully saturated rings. The van der Waals surface area contributed by atoms with Crippen LogP contribution in [0, 0.1) is 0 Å². The van der Waals surface area contributed by atoms with Gasteiger partial charge in [-0.2, -0.15) is 5.10 Å². The van der Waals surface area contributed by atoms with E-state index in [0.29, 0.717) is 6.04 Å². The molecule has 1 heterocycles. The normalized spacial score (nSPS) is 12.2. The van der Waals surface area contributed by atoms with Crippen molar-refractivity contribution in [2.45, 2.75) is 19.5 Å². The fourth-order valence-electron chi connectivity index (χ4n) is 2.32. The van der Waals surface area contributed by atoms with Crippen molar-refractivity contribution in [3.05, 3.63) is 84.2 Å². The van der Waals surface area contributed by atoms with Crippen LogP contribution in [0.5, 0.6) is 0 Å². The summed E-state index contributed by atoms with van der Waals surface area (Å²) in [4.78, 5) is 0. The predicted molar refractivity (Wildman–Crippen MR) is 85.3 cm³/mol. The molecule has 0 aliphatic rings. The first kappa shape index (κ1) is 13.6. The first-order valence-corrected chi connectivity index (χ1v) is 7.20. The van der Waals surface area contributed by atoms with Crippen LogP contribution in [0.15, 0.2) is 73.1 Å². The van der Waals surface area contributed by atoms with E-state index in [1.165, 1.54) is 11.1 Å². The molecule has 3 rings (SSSR count). The number of benzene rings is 2. The number of hydrogen-bond donors (Lipinski definition) is 1. The molecule has 1 aromatic heterocycles. The van der Waals surface area contributed by atoms with Gasteiger partial charge in [0, 0.05) is 25.0 Å². The zero-order chi connectivity index (χ0) is 14.5. The third-order valence-corrected chi connectivity index (χ3v) is 3.62. The lowest BCUT2D eigenvalue weighted by molar-refractivity contribution is 0.574. The highest BCUT2D eigenvalue weighted by Crippen LogP contribution is 2.13. The average molecular weight is 277 g/mol.